The Labute approximate surface area is 568 Å². The zero-order valence-corrected chi connectivity index (χ0v) is 54.1. The van der Waals surface area contributed by atoms with E-state index in [-0.39, 0.29) is 159 Å². The third-order valence-corrected chi connectivity index (χ3v) is 16.3. The van der Waals surface area contributed by atoms with Gasteiger partial charge in [-0.05, 0) is 108 Å². The van der Waals surface area contributed by atoms with Crippen molar-refractivity contribution in [3.8, 4) is 17.2 Å². The van der Waals surface area contributed by atoms with E-state index in [2.05, 4.69) is 14.2 Å². The number of carboxylic acid groups (broad SMARTS) is 1. The average Bonchev–Trinajstić information content (AvgIpc) is 1.63. The number of nitrogens with two attached hydrogens (primary N) is 1. The first-order valence-electron chi connectivity index (χ1n) is 30.2. The Morgan fingerprint density at radius 1 is 0.485 bits per heavy atom. The normalized spacial score (nSPS) is 14.1. The molecule has 0 aliphatic carbocycles. The zero-order chi connectivity index (χ0) is 73.3. The summed E-state index contributed by atoms with van der Waals surface area (Å²) in [6.07, 6.45) is -15.2. The van der Waals surface area contributed by atoms with Gasteiger partial charge in [0.25, 0.3) is 11.8 Å². The summed E-state index contributed by atoms with van der Waals surface area (Å²) in [7, 11) is 4.20. The van der Waals surface area contributed by atoms with Gasteiger partial charge in [-0.2, -0.15) is 13.2 Å². The second-order valence-corrected chi connectivity index (χ2v) is 22.7. The number of piperidine rings is 2. The number of likely N-dealkylation sites (tertiary alicyclic amines) is 2. The summed E-state index contributed by atoms with van der Waals surface area (Å²) in [5.74, 6) is -11.1. The van der Waals surface area contributed by atoms with Gasteiger partial charge in [-0.3, -0.25) is 14.4 Å². The van der Waals surface area contributed by atoms with Crippen LogP contribution in [0.4, 0.5) is 74.6 Å². The minimum Gasteiger partial charge on any atom is -0.478 e. The van der Waals surface area contributed by atoms with Crippen molar-refractivity contribution in [2.45, 2.75) is 95.5 Å². The molecular weight excluding hydrogens is 1410 g/mol. The number of nitrogens with zero attached hydrogens (tertiary/aromatic N) is 5. The molecule has 4 N–H and O–H groups in total. The monoisotopic (exact) mass is 1480 g/mol. The molecule has 0 saturated carbocycles. The Morgan fingerprint density at radius 3 is 1.12 bits per heavy atom. The molecule has 36 heteroatoms. The van der Waals surface area contributed by atoms with Crippen LogP contribution in [0.25, 0.3) is 32.7 Å². The molecule has 3 aromatic heterocycles. The number of alkyl halides is 12. The fourth-order valence-electron chi connectivity index (χ4n) is 11.8. The van der Waals surface area contributed by atoms with Crippen LogP contribution in [-0.2, 0) is 51.7 Å². The topological polar surface area (TPSA) is 203 Å². The number of hydrogen-bond donors (Lipinski definition) is 3. The lowest BCUT2D eigenvalue weighted by molar-refractivity contribution is -0.275. The average molecular weight is 1480 g/mol. The Kier molecular flexibility index (Phi) is 26.0. The van der Waals surface area contributed by atoms with Gasteiger partial charge in [-0.25, -0.2) is 26.7 Å². The Hall–Kier alpha value is -9.06. The third-order valence-electron chi connectivity index (χ3n) is 16.3. The van der Waals surface area contributed by atoms with Gasteiger partial charge in [-0.1, -0.05) is 24.3 Å². The molecule has 0 atom stereocenters. The van der Waals surface area contributed by atoms with Crippen molar-refractivity contribution in [3.05, 3.63) is 159 Å². The van der Waals surface area contributed by atoms with E-state index in [1.54, 1.807) is 17.4 Å². The van der Waals surface area contributed by atoms with Crippen LogP contribution >= 0.6 is 12.4 Å². The summed E-state index contributed by atoms with van der Waals surface area (Å²) in [5.41, 5.74) is 5.92. The molecule has 101 heavy (non-hydrogen) atoms. The van der Waals surface area contributed by atoms with Crippen LogP contribution in [0.5, 0.6) is 17.2 Å². The first-order chi connectivity index (χ1) is 47.1. The van der Waals surface area contributed by atoms with Crippen molar-refractivity contribution in [1.82, 2.24) is 28.8 Å². The van der Waals surface area contributed by atoms with Gasteiger partial charge in [0.15, 0.2) is 0 Å². The Bertz CT molecular complexity index is 4250. The summed E-state index contributed by atoms with van der Waals surface area (Å²) >= 11 is 0. The molecule has 2 aliphatic rings. The molecule has 0 radical (unpaired) electrons. The summed E-state index contributed by atoms with van der Waals surface area (Å²) in [6.45, 7) is 1.03. The van der Waals surface area contributed by atoms with Crippen LogP contribution in [0.1, 0.15) is 90.8 Å². The van der Waals surface area contributed by atoms with E-state index >= 15 is 0 Å². The number of aromatic carboxylic acids is 1. The minimum atomic E-state index is -5.10. The molecule has 5 heterocycles. The van der Waals surface area contributed by atoms with Crippen molar-refractivity contribution >= 4 is 68.8 Å². The first-order valence-corrected chi connectivity index (χ1v) is 30.2. The number of fused-ring (bicyclic) bond motifs is 3. The van der Waals surface area contributed by atoms with Gasteiger partial charge in [-0.15, -0.1) is 51.9 Å². The van der Waals surface area contributed by atoms with E-state index in [4.69, 9.17) is 25.1 Å². The smallest absolute Gasteiger partial charge is 0.478 e. The highest BCUT2D eigenvalue weighted by molar-refractivity contribution is 6.11. The highest BCUT2D eigenvalue weighted by Gasteiger charge is 2.40. The minimum absolute atomic E-state index is 0. The molecule has 2 aliphatic heterocycles. The SMILES string of the molecule is COCCn1cc(C(=O)N2CCC(c3cc(CN)ccc3F)CC2)c2c(OC(F)(F)F)ccc(F)c21.COCCn1cc(C(=O)N2CCC(c3cc(CNC(=O)C(F)(F)F)ccc3F)CC2)c2c(OC(F)(F)F)ccc(F)c21.COCCn1cc(C(=O)O)c2c(OC(F)(F)F)ccc(F)c21.Cl. The molecule has 0 unspecified atom stereocenters. The quantitative estimate of drug-likeness (QED) is 0.0610. The number of nitrogens with one attached hydrogen (secondary N) is 1. The predicted molar refractivity (Wildman–Crippen MR) is 330 cm³/mol. The molecule has 5 aromatic carbocycles. The zero-order valence-electron chi connectivity index (χ0n) is 53.3. The third kappa shape index (κ3) is 19.5. The number of halogens is 18. The van der Waals surface area contributed by atoms with E-state index in [1.165, 1.54) is 75.4 Å². The molecule has 8 aromatic rings. The van der Waals surface area contributed by atoms with Crippen LogP contribution in [0.3, 0.4) is 0 Å². The molecule has 0 spiro atoms. The maximum atomic E-state index is 14.8. The Morgan fingerprint density at radius 2 is 0.802 bits per heavy atom. The highest BCUT2D eigenvalue weighted by atomic mass is 35.5. The van der Waals surface area contributed by atoms with E-state index in [0.29, 0.717) is 18.4 Å². The van der Waals surface area contributed by atoms with Gasteiger partial charge in [0.05, 0.1) is 69.2 Å². The number of benzene rings is 5. The molecule has 10 rings (SSSR count). The van der Waals surface area contributed by atoms with Crippen molar-refractivity contribution in [2.75, 3.05) is 67.3 Å². The number of amides is 3. The number of carbonyl (C=O) groups is 4. The van der Waals surface area contributed by atoms with Crippen LogP contribution < -0.4 is 25.3 Å². The predicted octanol–water partition coefficient (Wildman–Crippen LogP) is 14.1. The van der Waals surface area contributed by atoms with Crippen molar-refractivity contribution < 1.29 is 127 Å². The van der Waals surface area contributed by atoms with Gasteiger partial charge >= 0.3 is 37.1 Å². The fourth-order valence-corrected chi connectivity index (χ4v) is 11.8. The molecule has 18 nitrogen and oxygen atoms in total. The second kappa shape index (κ2) is 33.2. The molecule has 0 bridgehead atoms. The number of carbonyl (C=O) groups excluding carboxylic acids is 3. The van der Waals surface area contributed by atoms with E-state index in [0.717, 1.165) is 54.2 Å². The fraction of sp³-hybridized carbons (Fsp3) is 0.385. The molecule has 550 valence electrons. The molecule has 2 fully saturated rings. The van der Waals surface area contributed by atoms with Crippen LogP contribution in [0, 0.1) is 29.1 Å². The van der Waals surface area contributed by atoms with Gasteiger partial charge < -0.3 is 68.1 Å². The first kappa shape index (κ1) is 79.3. The number of ether oxygens (including phenoxy) is 6. The Balaban J connectivity index is 0.000000221. The van der Waals surface area contributed by atoms with Crippen molar-refractivity contribution in [2.24, 2.45) is 5.73 Å². The standard InChI is InChI=1S/C27H25F8N3O4.C25H26F5N3O3.C13H11F4NO4.ClH/c1-41-11-10-38-14-18(22-21(42-27(33,34)35)5-4-20(29)23(22)38)24(39)37-8-6-16(7-9-37)17-12-15(2-3-19(17)28)13-36-25(40)26(30,31)32;1-35-11-10-33-14-18(22-21(36-25(28,29)30)5-4-20(27)23(22)33)24(34)32-8-6-16(7-9-32)17-12-15(13-31)2-3-19(17)26;1-21-5-4-18-6-7(12(19)20)10-9(22-13(15,16)17)3-2-8(14)11(10)18;/h2-5,12,14,16H,6-11,13H2,1H3,(H,36,40);2-5,12,14,16H,6-11,13,31H2,1H3;2-3,6H,4-5H2,1H3,(H,19,20);1H. The van der Waals surface area contributed by atoms with Crippen molar-refractivity contribution in [1.29, 1.82) is 0 Å². The van der Waals surface area contributed by atoms with Crippen LogP contribution in [0.15, 0.2) is 91.4 Å². The number of carboxylic acids is 1. The summed E-state index contributed by atoms with van der Waals surface area (Å²) in [5, 5.41) is 9.81. The van der Waals surface area contributed by atoms with Crippen LogP contribution in [-0.4, -0.2) is 145 Å². The number of methoxy groups -OCH3 is 3. The van der Waals surface area contributed by atoms with E-state index in [9.17, 15) is 93.8 Å². The molecular formula is C65H63ClF17N7O11. The van der Waals surface area contributed by atoms with E-state index < -0.39 is 113 Å². The van der Waals surface area contributed by atoms with Gasteiger partial charge in [0, 0.05) is 98.8 Å². The van der Waals surface area contributed by atoms with E-state index in [1.807, 2.05) is 0 Å². The highest BCUT2D eigenvalue weighted by Crippen LogP contribution is 2.42. The lowest BCUT2D eigenvalue weighted by Crippen LogP contribution is -2.38. The van der Waals surface area contributed by atoms with Crippen LogP contribution in [0.2, 0.25) is 0 Å². The maximum Gasteiger partial charge on any atom is 0.573 e. The largest absolute Gasteiger partial charge is 0.573 e. The second-order valence-electron chi connectivity index (χ2n) is 22.7. The lowest BCUT2D eigenvalue weighted by atomic mass is 9.88. The van der Waals surface area contributed by atoms with Gasteiger partial charge in [0.1, 0.15) is 46.3 Å². The van der Waals surface area contributed by atoms with Gasteiger partial charge in [0.2, 0.25) is 0 Å². The number of rotatable bonds is 20. The number of aromatic nitrogens is 3. The summed E-state index contributed by atoms with van der Waals surface area (Å²) in [4.78, 5) is 52.2. The molecule has 2 saturated heterocycles. The summed E-state index contributed by atoms with van der Waals surface area (Å²) in [6, 6.07) is 13.3. The lowest BCUT2D eigenvalue weighted by Gasteiger charge is -2.32. The number of hydrogen-bond acceptors (Lipinski definition) is 11. The summed E-state index contributed by atoms with van der Waals surface area (Å²) < 4.78 is 257. The molecule has 3 amide bonds. The van der Waals surface area contributed by atoms with Crippen molar-refractivity contribution in [3.63, 3.8) is 0 Å². The maximum absolute atomic E-state index is 14.8.